The van der Waals surface area contributed by atoms with Gasteiger partial charge in [-0.15, -0.1) is 0 Å². The van der Waals surface area contributed by atoms with Gasteiger partial charge in [0.2, 0.25) is 0 Å². The van der Waals surface area contributed by atoms with Gasteiger partial charge in [-0.1, -0.05) is 43.0 Å². The lowest BCUT2D eigenvalue weighted by atomic mass is 10.3. The highest BCUT2D eigenvalue weighted by Crippen LogP contribution is 2.27. The number of rotatable bonds is 7. The maximum Gasteiger partial charge on any atom is 0.474 e. The van der Waals surface area contributed by atoms with Gasteiger partial charge in [0.1, 0.15) is 11.5 Å². The Hall–Kier alpha value is -2.83. The first kappa shape index (κ1) is 17.5. The van der Waals surface area contributed by atoms with Crippen LogP contribution in [-0.2, 0) is 9.53 Å². The molecule has 0 saturated carbocycles. The van der Waals surface area contributed by atoms with Crippen molar-refractivity contribution in [1.29, 1.82) is 0 Å². The zero-order chi connectivity index (χ0) is 17.6. The van der Waals surface area contributed by atoms with E-state index in [1.165, 1.54) is 6.92 Å². The van der Waals surface area contributed by atoms with Crippen LogP contribution in [0.15, 0.2) is 72.8 Å². The summed E-state index contributed by atoms with van der Waals surface area (Å²) < 4.78 is 16.0. The molecule has 126 valence electrons. The van der Waals surface area contributed by atoms with E-state index in [2.05, 4.69) is 6.58 Å². The molecule has 6 nitrogen and oxygen atoms in total. The third-order valence-corrected chi connectivity index (χ3v) is 2.91. The summed E-state index contributed by atoms with van der Waals surface area (Å²) in [6.07, 6.45) is -2.28. The first-order chi connectivity index (χ1) is 11.4. The Morgan fingerprint density at radius 3 is 1.71 bits per heavy atom. The monoisotopic (exact) mass is 330 g/mol. The molecule has 0 heterocycles. The molecule has 2 rings (SSSR count). The molecule has 24 heavy (non-hydrogen) atoms. The number of hydrogen-bond acceptors (Lipinski definition) is 6. The molecule has 0 saturated heterocycles. The zero-order valence-electron chi connectivity index (χ0n) is 13.1. The molecular weight excluding hydrogens is 312 g/mol. The van der Waals surface area contributed by atoms with Gasteiger partial charge in [0.05, 0.1) is 0 Å². The summed E-state index contributed by atoms with van der Waals surface area (Å²) in [6, 6.07) is 16.4. The van der Waals surface area contributed by atoms with Crippen LogP contribution in [0.3, 0.4) is 0 Å². The summed E-state index contributed by atoms with van der Waals surface area (Å²) >= 11 is 0. The van der Waals surface area contributed by atoms with E-state index >= 15 is 0 Å². The van der Waals surface area contributed by atoms with Gasteiger partial charge >= 0.3 is 11.9 Å². The number of ether oxygens (including phenoxy) is 3. The quantitative estimate of drug-likeness (QED) is 0.460. The summed E-state index contributed by atoms with van der Waals surface area (Å²) in [5.74, 6) is -2.94. The molecule has 0 aliphatic rings. The third-order valence-electron chi connectivity index (χ3n) is 2.91. The van der Waals surface area contributed by atoms with Gasteiger partial charge in [-0.2, -0.15) is 0 Å². The average Bonchev–Trinajstić information content (AvgIpc) is 2.56. The number of aliphatic hydroxyl groups is 2. The number of hydrogen-bond donors (Lipinski definition) is 2. The van der Waals surface area contributed by atoms with Gasteiger partial charge in [-0.3, -0.25) is 0 Å². The van der Waals surface area contributed by atoms with Gasteiger partial charge in [0.25, 0.3) is 6.29 Å². The summed E-state index contributed by atoms with van der Waals surface area (Å²) in [5, 5.41) is 19.6. The minimum Gasteiger partial charge on any atom is -0.417 e. The van der Waals surface area contributed by atoms with Crippen LogP contribution < -0.4 is 9.47 Å². The van der Waals surface area contributed by atoms with Gasteiger partial charge < -0.3 is 24.4 Å². The second-order valence-electron chi connectivity index (χ2n) is 4.98. The van der Waals surface area contributed by atoms with Crippen LogP contribution in [0.1, 0.15) is 6.92 Å². The van der Waals surface area contributed by atoms with Crippen molar-refractivity contribution in [3.63, 3.8) is 0 Å². The van der Waals surface area contributed by atoms with Crippen LogP contribution in [0.4, 0.5) is 0 Å². The van der Waals surface area contributed by atoms with Crippen LogP contribution in [0.2, 0.25) is 0 Å². The minimum atomic E-state index is -2.49. The Kier molecular flexibility index (Phi) is 5.57. The van der Waals surface area contributed by atoms with E-state index in [0.29, 0.717) is 0 Å². The Balaban J connectivity index is 2.39. The maximum absolute atomic E-state index is 11.9. The van der Waals surface area contributed by atoms with Gasteiger partial charge in [-0.25, -0.2) is 4.79 Å². The van der Waals surface area contributed by atoms with Crippen LogP contribution in [0.25, 0.3) is 0 Å². The first-order valence-corrected chi connectivity index (χ1v) is 7.16. The van der Waals surface area contributed by atoms with Crippen molar-refractivity contribution in [3.8, 4) is 11.5 Å². The average molecular weight is 330 g/mol. The number of aliphatic hydroxyl groups excluding tert-OH is 1. The first-order valence-electron chi connectivity index (χ1n) is 7.16. The molecule has 0 bridgehead atoms. The van der Waals surface area contributed by atoms with E-state index in [4.69, 9.17) is 14.2 Å². The lowest BCUT2D eigenvalue weighted by Gasteiger charge is -2.33. The minimum absolute atomic E-state index is 0.0494. The fraction of sp³-hybridized carbons (Fsp3) is 0.167. The highest BCUT2D eigenvalue weighted by Gasteiger charge is 2.48. The molecule has 0 unspecified atom stereocenters. The summed E-state index contributed by atoms with van der Waals surface area (Å²) in [4.78, 5) is 11.9. The Morgan fingerprint density at radius 2 is 1.38 bits per heavy atom. The highest BCUT2D eigenvalue weighted by molar-refractivity contribution is 5.87. The lowest BCUT2D eigenvalue weighted by molar-refractivity contribution is -0.367. The van der Waals surface area contributed by atoms with Gasteiger partial charge in [0, 0.05) is 5.57 Å². The Labute approximate surface area is 139 Å². The largest absolute Gasteiger partial charge is 0.474 e. The predicted molar refractivity (Wildman–Crippen MR) is 86.0 cm³/mol. The molecule has 0 amide bonds. The lowest BCUT2D eigenvalue weighted by Crippen LogP contribution is -2.56. The van der Waals surface area contributed by atoms with Crippen molar-refractivity contribution in [2.45, 2.75) is 19.2 Å². The van der Waals surface area contributed by atoms with E-state index in [1.807, 2.05) is 0 Å². The van der Waals surface area contributed by atoms with E-state index in [1.54, 1.807) is 60.7 Å². The molecule has 2 aromatic rings. The van der Waals surface area contributed by atoms with E-state index < -0.39 is 18.2 Å². The fourth-order valence-corrected chi connectivity index (χ4v) is 1.74. The third kappa shape index (κ3) is 4.34. The van der Waals surface area contributed by atoms with E-state index in [0.717, 1.165) is 0 Å². The summed E-state index contributed by atoms with van der Waals surface area (Å²) in [6.45, 7) is 4.88. The van der Waals surface area contributed by atoms with Crippen molar-refractivity contribution in [2.24, 2.45) is 0 Å². The van der Waals surface area contributed by atoms with Crippen LogP contribution in [-0.4, -0.2) is 28.4 Å². The topological polar surface area (TPSA) is 85.2 Å². The van der Waals surface area contributed by atoms with E-state index in [-0.39, 0.29) is 17.1 Å². The summed E-state index contributed by atoms with van der Waals surface area (Å²) in [5.41, 5.74) is 0.0494. The molecule has 0 aromatic heterocycles. The molecule has 0 atom stereocenters. The molecule has 2 aromatic carbocycles. The van der Waals surface area contributed by atoms with Crippen molar-refractivity contribution in [3.05, 3.63) is 72.8 Å². The number of carbonyl (C=O) groups is 1. The Bertz CT molecular complexity index is 640. The smallest absolute Gasteiger partial charge is 0.417 e. The highest BCUT2D eigenvalue weighted by atomic mass is 16.9. The second kappa shape index (κ2) is 7.63. The van der Waals surface area contributed by atoms with Crippen molar-refractivity contribution < 1.29 is 29.2 Å². The van der Waals surface area contributed by atoms with Crippen molar-refractivity contribution >= 4 is 5.97 Å². The van der Waals surface area contributed by atoms with Crippen LogP contribution in [0, 0.1) is 0 Å². The SMILES string of the molecule is C=C(C)C(=O)OC(Oc1ccccc1)(Oc1ccccc1)C(O)O. The summed E-state index contributed by atoms with van der Waals surface area (Å²) in [7, 11) is 0. The van der Waals surface area contributed by atoms with Crippen LogP contribution in [0.5, 0.6) is 11.5 Å². The number of benzene rings is 2. The molecule has 0 radical (unpaired) electrons. The van der Waals surface area contributed by atoms with Crippen molar-refractivity contribution in [2.75, 3.05) is 0 Å². The van der Waals surface area contributed by atoms with Gasteiger partial charge in [0.15, 0.2) is 0 Å². The molecule has 0 spiro atoms. The molecule has 0 fully saturated rings. The van der Waals surface area contributed by atoms with Crippen LogP contribution >= 0.6 is 0 Å². The van der Waals surface area contributed by atoms with Crippen molar-refractivity contribution in [1.82, 2.24) is 0 Å². The maximum atomic E-state index is 11.9. The Morgan fingerprint density at radius 1 is 0.958 bits per heavy atom. The number of esters is 1. The normalized spacial score (nSPS) is 11.0. The standard InChI is InChI=1S/C18H18O6/c1-13(2)16(19)24-18(17(20)21,22-14-9-5-3-6-10-14)23-15-11-7-4-8-12-15/h3-12,17,20-21H,1H2,2H3. The molecule has 0 aliphatic carbocycles. The molecular formula is C18H18O6. The number of carbonyl (C=O) groups excluding carboxylic acids is 1. The molecule has 2 N–H and O–H groups in total. The molecule has 0 aliphatic heterocycles. The fourth-order valence-electron chi connectivity index (χ4n) is 1.74. The zero-order valence-corrected chi connectivity index (χ0v) is 13.1. The molecule has 6 heteroatoms. The second-order valence-corrected chi connectivity index (χ2v) is 4.98. The number of para-hydroxylation sites is 2. The van der Waals surface area contributed by atoms with Gasteiger partial charge in [-0.05, 0) is 31.2 Å². The van der Waals surface area contributed by atoms with E-state index in [9.17, 15) is 15.0 Å². The predicted octanol–water partition coefficient (Wildman–Crippen LogP) is 2.23.